The number of rotatable bonds is 7. The third-order valence-electron chi connectivity index (χ3n) is 7.15. The van der Waals surface area contributed by atoms with E-state index < -0.39 is 0 Å². The quantitative estimate of drug-likeness (QED) is 0.357. The molecule has 1 amide bonds. The highest BCUT2D eigenvalue weighted by Gasteiger charge is 2.19. The molecule has 4 aromatic rings. The number of amides is 1. The summed E-state index contributed by atoms with van der Waals surface area (Å²) in [5, 5.41) is 7.36. The molecule has 0 spiro atoms. The average molecular weight is 509 g/mol. The van der Waals surface area contributed by atoms with Crippen molar-refractivity contribution < 1.29 is 4.79 Å². The molecular weight excluding hydrogens is 472 g/mol. The monoisotopic (exact) mass is 508 g/mol. The predicted molar refractivity (Wildman–Crippen MR) is 155 cm³/mol. The van der Waals surface area contributed by atoms with Crippen LogP contribution in [0.25, 0.3) is 10.9 Å². The SMILES string of the molecule is CC(C)(C)c1ccc(N2CCN(CCNC(=O)c3ccccc3Nc3ncnc4ccccc34)CC2)cc1. The van der Waals surface area contributed by atoms with Gasteiger partial charge in [-0.05, 0) is 47.4 Å². The molecule has 0 radical (unpaired) electrons. The molecule has 1 saturated heterocycles. The molecule has 7 nitrogen and oxygen atoms in total. The minimum atomic E-state index is -0.0935. The summed E-state index contributed by atoms with van der Waals surface area (Å²) in [7, 11) is 0. The normalized spacial score (nSPS) is 14.4. The van der Waals surface area contributed by atoms with Crippen LogP contribution in [0.5, 0.6) is 0 Å². The molecule has 3 aromatic carbocycles. The fraction of sp³-hybridized carbons (Fsp3) is 0.323. The van der Waals surface area contributed by atoms with E-state index in [0.29, 0.717) is 17.9 Å². The Kier molecular flexibility index (Phi) is 7.56. The molecule has 7 heteroatoms. The summed E-state index contributed by atoms with van der Waals surface area (Å²) in [4.78, 5) is 26.7. The topological polar surface area (TPSA) is 73.4 Å². The number of piperazine rings is 1. The Labute approximate surface area is 224 Å². The van der Waals surface area contributed by atoms with Crippen LogP contribution in [0.1, 0.15) is 36.7 Å². The first kappa shape index (κ1) is 25.7. The molecule has 5 rings (SSSR count). The number of carbonyl (C=O) groups is 1. The first-order valence-corrected chi connectivity index (χ1v) is 13.3. The summed E-state index contributed by atoms with van der Waals surface area (Å²) >= 11 is 0. The van der Waals surface area contributed by atoms with Crippen molar-refractivity contribution in [2.24, 2.45) is 0 Å². The summed E-state index contributed by atoms with van der Waals surface area (Å²) in [6, 6.07) is 24.3. The largest absolute Gasteiger partial charge is 0.369 e. The Bertz CT molecular complexity index is 1380. The van der Waals surface area contributed by atoms with Crippen molar-refractivity contribution in [1.82, 2.24) is 20.2 Å². The number of nitrogens with one attached hydrogen (secondary N) is 2. The highest BCUT2D eigenvalue weighted by Crippen LogP contribution is 2.26. The van der Waals surface area contributed by atoms with Gasteiger partial charge in [0.15, 0.2) is 0 Å². The van der Waals surface area contributed by atoms with E-state index in [1.165, 1.54) is 17.6 Å². The summed E-state index contributed by atoms with van der Waals surface area (Å²) in [5.74, 6) is 0.589. The zero-order valence-electron chi connectivity index (χ0n) is 22.4. The van der Waals surface area contributed by atoms with Crippen molar-refractivity contribution in [3.8, 4) is 0 Å². The van der Waals surface area contributed by atoms with Gasteiger partial charge in [0.1, 0.15) is 12.1 Å². The van der Waals surface area contributed by atoms with E-state index in [2.05, 4.69) is 75.4 Å². The predicted octanol–water partition coefficient (Wildman–Crippen LogP) is 5.22. The Morgan fingerprint density at radius 2 is 1.58 bits per heavy atom. The molecule has 0 bridgehead atoms. The van der Waals surface area contributed by atoms with Crippen LogP contribution >= 0.6 is 0 Å². The Balaban J connectivity index is 1.13. The van der Waals surface area contributed by atoms with Crippen LogP contribution < -0.4 is 15.5 Å². The lowest BCUT2D eigenvalue weighted by atomic mass is 9.87. The van der Waals surface area contributed by atoms with Gasteiger partial charge in [0, 0.05) is 50.3 Å². The van der Waals surface area contributed by atoms with E-state index in [4.69, 9.17) is 0 Å². The van der Waals surface area contributed by atoms with E-state index in [-0.39, 0.29) is 11.3 Å². The van der Waals surface area contributed by atoms with Gasteiger partial charge in [-0.1, -0.05) is 57.2 Å². The smallest absolute Gasteiger partial charge is 0.253 e. The lowest BCUT2D eigenvalue weighted by Gasteiger charge is -2.36. The highest BCUT2D eigenvalue weighted by atomic mass is 16.1. The molecule has 0 atom stereocenters. The molecule has 0 saturated carbocycles. The summed E-state index contributed by atoms with van der Waals surface area (Å²) in [6.07, 6.45) is 1.54. The Hall–Kier alpha value is -3.97. The van der Waals surface area contributed by atoms with Gasteiger partial charge in [-0.15, -0.1) is 0 Å². The number of hydrogen-bond donors (Lipinski definition) is 2. The zero-order chi connectivity index (χ0) is 26.5. The molecular formula is C31H36N6O. The van der Waals surface area contributed by atoms with Gasteiger partial charge in [0.2, 0.25) is 0 Å². The maximum atomic E-state index is 13.1. The Morgan fingerprint density at radius 3 is 2.34 bits per heavy atom. The molecule has 1 aliphatic rings. The maximum Gasteiger partial charge on any atom is 0.253 e. The molecule has 1 aliphatic heterocycles. The van der Waals surface area contributed by atoms with Crippen LogP contribution in [-0.2, 0) is 5.41 Å². The van der Waals surface area contributed by atoms with Crippen LogP contribution in [0, 0.1) is 0 Å². The fourth-order valence-corrected chi connectivity index (χ4v) is 4.85. The van der Waals surface area contributed by atoms with Crippen molar-refractivity contribution >= 4 is 34.0 Å². The third-order valence-corrected chi connectivity index (χ3v) is 7.15. The maximum absolute atomic E-state index is 13.1. The van der Waals surface area contributed by atoms with Crippen molar-refractivity contribution in [3.05, 3.63) is 90.3 Å². The van der Waals surface area contributed by atoms with Crippen molar-refractivity contribution in [1.29, 1.82) is 0 Å². The van der Waals surface area contributed by atoms with E-state index >= 15 is 0 Å². The van der Waals surface area contributed by atoms with Gasteiger partial charge in [0.05, 0.1) is 16.8 Å². The number of fused-ring (bicyclic) bond motifs is 1. The Morgan fingerprint density at radius 1 is 0.868 bits per heavy atom. The summed E-state index contributed by atoms with van der Waals surface area (Å²) < 4.78 is 0. The number of nitrogens with zero attached hydrogens (tertiary/aromatic N) is 4. The van der Waals surface area contributed by atoms with Gasteiger partial charge >= 0.3 is 0 Å². The first-order chi connectivity index (χ1) is 18.4. The van der Waals surface area contributed by atoms with E-state index in [0.717, 1.165) is 49.3 Å². The number of anilines is 3. The van der Waals surface area contributed by atoms with Crippen LogP contribution in [0.3, 0.4) is 0 Å². The van der Waals surface area contributed by atoms with Crippen molar-refractivity contribution in [3.63, 3.8) is 0 Å². The summed E-state index contributed by atoms with van der Waals surface area (Å²) in [6.45, 7) is 12.1. The molecule has 2 N–H and O–H groups in total. The fourth-order valence-electron chi connectivity index (χ4n) is 4.85. The first-order valence-electron chi connectivity index (χ1n) is 13.3. The van der Waals surface area contributed by atoms with E-state index in [1.807, 2.05) is 48.5 Å². The molecule has 0 unspecified atom stereocenters. The number of aromatic nitrogens is 2. The van der Waals surface area contributed by atoms with E-state index in [1.54, 1.807) is 0 Å². The average Bonchev–Trinajstić information content (AvgIpc) is 2.93. The second-order valence-electron chi connectivity index (χ2n) is 10.8. The molecule has 1 fully saturated rings. The van der Waals surface area contributed by atoms with Gasteiger partial charge < -0.3 is 15.5 Å². The number of carbonyl (C=O) groups excluding carboxylic acids is 1. The minimum absolute atomic E-state index is 0.0935. The van der Waals surface area contributed by atoms with Crippen LogP contribution in [0.4, 0.5) is 17.2 Å². The molecule has 196 valence electrons. The van der Waals surface area contributed by atoms with E-state index in [9.17, 15) is 4.79 Å². The highest BCUT2D eigenvalue weighted by molar-refractivity contribution is 6.01. The van der Waals surface area contributed by atoms with Gasteiger partial charge in [0.25, 0.3) is 5.91 Å². The number of hydrogen-bond acceptors (Lipinski definition) is 6. The minimum Gasteiger partial charge on any atom is -0.369 e. The van der Waals surface area contributed by atoms with Gasteiger partial charge in [-0.25, -0.2) is 9.97 Å². The molecule has 2 heterocycles. The lowest BCUT2D eigenvalue weighted by Crippen LogP contribution is -2.48. The van der Waals surface area contributed by atoms with Gasteiger partial charge in [-0.2, -0.15) is 0 Å². The summed E-state index contributed by atoms with van der Waals surface area (Å²) in [5.41, 5.74) is 4.99. The third kappa shape index (κ3) is 5.94. The second kappa shape index (κ2) is 11.2. The lowest BCUT2D eigenvalue weighted by molar-refractivity contribution is 0.0948. The molecule has 1 aromatic heterocycles. The van der Waals surface area contributed by atoms with Crippen molar-refractivity contribution in [2.45, 2.75) is 26.2 Å². The zero-order valence-corrected chi connectivity index (χ0v) is 22.4. The standard InChI is InChI=1S/C31H36N6O/c1-31(2,3)23-12-14-24(15-13-23)37-20-18-36(19-21-37)17-16-32-30(38)26-9-5-7-11-28(26)35-29-25-8-4-6-10-27(25)33-22-34-29/h4-15,22H,16-21H2,1-3H3,(H,32,38)(H,33,34,35). The number of benzene rings is 3. The molecule has 0 aliphatic carbocycles. The van der Waals surface area contributed by atoms with Gasteiger partial charge in [-0.3, -0.25) is 9.69 Å². The molecule has 38 heavy (non-hydrogen) atoms. The van der Waals surface area contributed by atoms with Crippen LogP contribution in [-0.4, -0.2) is 60.0 Å². The van der Waals surface area contributed by atoms with Crippen LogP contribution in [0.15, 0.2) is 79.1 Å². The van der Waals surface area contributed by atoms with Crippen LogP contribution in [0.2, 0.25) is 0 Å². The second-order valence-corrected chi connectivity index (χ2v) is 10.8. The van der Waals surface area contributed by atoms with Crippen molar-refractivity contribution in [2.75, 3.05) is 49.5 Å². The number of para-hydroxylation sites is 2.